The highest BCUT2D eigenvalue weighted by Crippen LogP contribution is 2.60. The molecule has 0 fully saturated rings. The number of alkyl halides is 2. The van der Waals surface area contributed by atoms with Crippen molar-refractivity contribution in [1.82, 2.24) is 10.2 Å². The van der Waals surface area contributed by atoms with E-state index < -0.39 is 18.8 Å². The van der Waals surface area contributed by atoms with Gasteiger partial charge in [-0.05, 0) is 18.6 Å². The Labute approximate surface area is 141 Å². The zero-order chi connectivity index (χ0) is 16.5. The lowest BCUT2D eigenvalue weighted by atomic mass is 10.1. The lowest BCUT2D eigenvalue weighted by Crippen LogP contribution is -2.14. The van der Waals surface area contributed by atoms with Crippen LogP contribution in [0, 0.1) is 6.92 Å². The van der Waals surface area contributed by atoms with E-state index >= 15 is 0 Å². The van der Waals surface area contributed by atoms with E-state index in [2.05, 4.69) is 26.1 Å². The first kappa shape index (κ1) is 18.0. The molecular formula is C11H10BrF2N2O3PS2. The van der Waals surface area contributed by atoms with Crippen molar-refractivity contribution in [3.05, 3.63) is 38.8 Å². The second-order valence-electron chi connectivity index (χ2n) is 4.28. The molecule has 0 bridgehead atoms. The number of aryl methyl sites for hydroxylation is 1. The SMILES string of the molecule is Cc1nnc(SCc2ccc(C(F)(F)P(=O)(O)O)c(Br)c2)s1. The molecule has 120 valence electrons. The molecule has 0 radical (unpaired) electrons. The molecule has 11 heteroatoms. The summed E-state index contributed by atoms with van der Waals surface area (Å²) in [6, 6.07) is 3.84. The predicted molar refractivity (Wildman–Crippen MR) is 84.3 cm³/mol. The van der Waals surface area contributed by atoms with Crippen LogP contribution in [0.15, 0.2) is 27.0 Å². The van der Waals surface area contributed by atoms with Gasteiger partial charge in [0.2, 0.25) is 0 Å². The fraction of sp³-hybridized carbons (Fsp3) is 0.273. The van der Waals surface area contributed by atoms with E-state index in [9.17, 15) is 13.3 Å². The first-order chi connectivity index (χ1) is 10.1. The minimum Gasteiger partial charge on any atom is -0.320 e. The van der Waals surface area contributed by atoms with Crippen LogP contribution in [0.25, 0.3) is 0 Å². The minimum absolute atomic E-state index is 0.0487. The summed E-state index contributed by atoms with van der Waals surface area (Å²) in [6.07, 6.45) is 0. The molecule has 0 saturated carbocycles. The summed E-state index contributed by atoms with van der Waals surface area (Å²) < 4.78 is 39.0. The Morgan fingerprint density at radius 2 is 2.09 bits per heavy atom. The van der Waals surface area contributed by atoms with Gasteiger partial charge >= 0.3 is 13.3 Å². The molecule has 2 aromatic rings. The fourth-order valence-corrected chi connectivity index (χ4v) is 4.63. The van der Waals surface area contributed by atoms with E-state index in [1.54, 1.807) is 0 Å². The van der Waals surface area contributed by atoms with Gasteiger partial charge in [0.25, 0.3) is 0 Å². The molecular weight excluding hydrogens is 421 g/mol. The van der Waals surface area contributed by atoms with Crippen LogP contribution in [-0.4, -0.2) is 20.0 Å². The standard InChI is InChI=1S/C11H10BrF2N2O3PS2/c1-6-15-16-10(22-6)21-5-7-2-3-8(9(12)4-7)11(13,14)20(17,18)19/h2-4H,5H2,1H3,(H2,17,18,19). The summed E-state index contributed by atoms with van der Waals surface area (Å²) in [5, 5.41) is 8.65. The molecule has 1 aromatic carbocycles. The average molecular weight is 431 g/mol. The molecule has 0 aliphatic carbocycles. The van der Waals surface area contributed by atoms with E-state index in [4.69, 9.17) is 9.79 Å². The van der Waals surface area contributed by atoms with E-state index in [-0.39, 0.29) is 4.47 Å². The Hall–Kier alpha value is -0.380. The maximum absolute atomic E-state index is 13.7. The Morgan fingerprint density at radius 1 is 1.41 bits per heavy atom. The van der Waals surface area contributed by atoms with Crippen molar-refractivity contribution in [2.45, 2.75) is 22.7 Å². The fourth-order valence-electron chi connectivity index (χ4n) is 1.53. The van der Waals surface area contributed by atoms with Gasteiger partial charge in [-0.25, -0.2) is 0 Å². The second kappa shape index (κ2) is 6.62. The van der Waals surface area contributed by atoms with Crippen LogP contribution >= 0.6 is 46.6 Å². The smallest absolute Gasteiger partial charge is 0.320 e. The van der Waals surface area contributed by atoms with Crippen LogP contribution in [0.2, 0.25) is 0 Å². The molecule has 0 aliphatic rings. The maximum Gasteiger partial charge on any atom is 0.399 e. The normalized spacial score (nSPS) is 12.6. The highest BCUT2D eigenvalue weighted by molar-refractivity contribution is 9.10. The lowest BCUT2D eigenvalue weighted by Gasteiger charge is -2.19. The number of aromatic nitrogens is 2. The Morgan fingerprint density at radius 3 is 2.59 bits per heavy atom. The van der Waals surface area contributed by atoms with Gasteiger partial charge in [-0.15, -0.1) is 10.2 Å². The Balaban J connectivity index is 2.18. The third kappa shape index (κ3) is 3.93. The summed E-state index contributed by atoms with van der Waals surface area (Å²) in [7, 11) is -5.58. The van der Waals surface area contributed by atoms with E-state index in [0.29, 0.717) is 5.75 Å². The summed E-state index contributed by atoms with van der Waals surface area (Å²) in [6.45, 7) is 1.83. The molecule has 0 atom stereocenters. The van der Waals surface area contributed by atoms with Gasteiger partial charge in [0.1, 0.15) is 5.01 Å². The Bertz CT molecular complexity index is 738. The molecule has 22 heavy (non-hydrogen) atoms. The second-order valence-corrected chi connectivity index (χ2v) is 9.18. The van der Waals surface area contributed by atoms with Gasteiger partial charge in [0, 0.05) is 15.8 Å². The number of benzene rings is 1. The molecule has 5 nitrogen and oxygen atoms in total. The first-order valence-corrected chi connectivity index (χ1v) is 9.97. The van der Waals surface area contributed by atoms with Crippen LogP contribution < -0.4 is 0 Å². The van der Waals surface area contributed by atoms with E-state index in [1.165, 1.54) is 35.2 Å². The molecule has 0 amide bonds. The zero-order valence-corrected chi connectivity index (χ0v) is 15.1. The summed E-state index contributed by atoms with van der Waals surface area (Å²) in [5.74, 6) is 0.481. The van der Waals surface area contributed by atoms with Crippen LogP contribution in [0.3, 0.4) is 0 Å². The van der Waals surface area contributed by atoms with Crippen molar-refractivity contribution < 1.29 is 23.1 Å². The maximum atomic E-state index is 13.7. The van der Waals surface area contributed by atoms with Crippen LogP contribution in [0.1, 0.15) is 16.1 Å². The molecule has 0 unspecified atom stereocenters. The van der Waals surface area contributed by atoms with Gasteiger partial charge in [-0.1, -0.05) is 51.2 Å². The summed E-state index contributed by atoms with van der Waals surface area (Å²) in [4.78, 5) is 17.5. The van der Waals surface area contributed by atoms with Gasteiger partial charge in [-0.2, -0.15) is 8.78 Å². The number of nitrogens with zero attached hydrogens (tertiary/aromatic N) is 2. The molecule has 0 aliphatic heterocycles. The third-order valence-electron chi connectivity index (χ3n) is 2.59. The number of hydrogen-bond donors (Lipinski definition) is 2. The molecule has 0 spiro atoms. The van der Waals surface area contributed by atoms with Crippen molar-refractivity contribution in [2.75, 3.05) is 0 Å². The molecule has 0 saturated heterocycles. The molecule has 2 rings (SSSR count). The van der Waals surface area contributed by atoms with Crippen molar-refractivity contribution >= 4 is 46.6 Å². The third-order valence-corrected chi connectivity index (χ3v) is 6.27. The average Bonchev–Trinajstić information content (AvgIpc) is 2.80. The van der Waals surface area contributed by atoms with Gasteiger partial charge in [0.15, 0.2) is 4.34 Å². The topological polar surface area (TPSA) is 83.3 Å². The number of halogens is 3. The van der Waals surface area contributed by atoms with Gasteiger partial charge in [0.05, 0.1) is 0 Å². The molecule has 1 heterocycles. The Kier molecular flexibility index (Phi) is 5.41. The monoisotopic (exact) mass is 430 g/mol. The van der Waals surface area contributed by atoms with Crippen molar-refractivity contribution in [3.8, 4) is 0 Å². The van der Waals surface area contributed by atoms with E-state index in [1.807, 2.05) is 6.92 Å². The van der Waals surface area contributed by atoms with Crippen LogP contribution in [0.5, 0.6) is 0 Å². The number of thioether (sulfide) groups is 1. The van der Waals surface area contributed by atoms with Crippen molar-refractivity contribution in [3.63, 3.8) is 0 Å². The van der Waals surface area contributed by atoms with Crippen molar-refractivity contribution in [2.24, 2.45) is 0 Å². The minimum atomic E-state index is -5.58. The summed E-state index contributed by atoms with van der Waals surface area (Å²) >= 11 is 5.78. The number of rotatable bonds is 5. The van der Waals surface area contributed by atoms with Gasteiger partial charge < -0.3 is 9.79 Å². The number of hydrogen-bond acceptors (Lipinski definition) is 5. The summed E-state index contributed by atoms with van der Waals surface area (Å²) in [5.41, 5.74) is -4.25. The van der Waals surface area contributed by atoms with Crippen LogP contribution in [-0.2, 0) is 16.0 Å². The first-order valence-electron chi connectivity index (χ1n) is 5.76. The highest BCUT2D eigenvalue weighted by atomic mass is 79.9. The highest BCUT2D eigenvalue weighted by Gasteiger charge is 2.51. The lowest BCUT2D eigenvalue weighted by molar-refractivity contribution is 0.0557. The van der Waals surface area contributed by atoms with E-state index in [0.717, 1.165) is 21.0 Å². The molecule has 2 N–H and O–H groups in total. The largest absolute Gasteiger partial charge is 0.399 e. The van der Waals surface area contributed by atoms with Gasteiger partial charge in [-0.3, -0.25) is 4.57 Å². The predicted octanol–water partition coefficient (Wildman–Crippen LogP) is 4.13. The van der Waals surface area contributed by atoms with Crippen LogP contribution in [0.4, 0.5) is 8.78 Å². The quantitative estimate of drug-likeness (QED) is 0.548. The zero-order valence-electron chi connectivity index (χ0n) is 11.0. The van der Waals surface area contributed by atoms with Crippen molar-refractivity contribution in [1.29, 1.82) is 0 Å². The molecule has 1 aromatic heterocycles.